The van der Waals surface area contributed by atoms with Gasteiger partial charge in [-0.15, -0.1) is 4.99 Å². The van der Waals surface area contributed by atoms with Crippen LogP contribution in [0.2, 0.25) is 0 Å². The number of nitriles is 1. The van der Waals surface area contributed by atoms with Crippen molar-refractivity contribution in [3.8, 4) is 6.07 Å². The lowest BCUT2D eigenvalue weighted by Gasteiger charge is -2.40. The molecule has 0 bridgehead atoms. The smallest absolute Gasteiger partial charge is 0.436 e. The van der Waals surface area contributed by atoms with Crippen molar-refractivity contribution in [3.63, 3.8) is 0 Å². The molecule has 0 aromatic heterocycles. The van der Waals surface area contributed by atoms with E-state index >= 15 is 0 Å². The van der Waals surface area contributed by atoms with Crippen LogP contribution in [-0.4, -0.2) is 90.9 Å². The number of nitrogens with zero attached hydrogens (tertiary/aromatic N) is 5. The molecule has 1 N–H and O–H groups in total. The number of nitrogens with one attached hydrogen (secondary N) is 1. The van der Waals surface area contributed by atoms with Gasteiger partial charge in [0.2, 0.25) is 5.96 Å². The summed E-state index contributed by atoms with van der Waals surface area (Å²) in [6.07, 6.45) is 0.956. The first-order chi connectivity index (χ1) is 18.1. The van der Waals surface area contributed by atoms with E-state index in [2.05, 4.69) is 54.2 Å². The molecule has 208 valence electrons. The highest BCUT2D eigenvalue weighted by molar-refractivity contribution is 6.00. The van der Waals surface area contributed by atoms with Crippen molar-refractivity contribution in [2.75, 3.05) is 52.5 Å². The molecule has 2 heterocycles. The molecule has 0 atom stereocenters. The summed E-state index contributed by atoms with van der Waals surface area (Å²) >= 11 is 0. The van der Waals surface area contributed by atoms with Crippen molar-refractivity contribution in [2.45, 2.75) is 59.0 Å². The van der Waals surface area contributed by atoms with Crippen LogP contribution in [0.4, 0.5) is 9.59 Å². The number of aliphatic imine (C=N–C) groups is 1. The van der Waals surface area contributed by atoms with Crippen molar-refractivity contribution in [1.29, 1.82) is 5.26 Å². The molecule has 3 amide bonds. The van der Waals surface area contributed by atoms with Gasteiger partial charge in [-0.1, -0.05) is 51.1 Å². The molecule has 3 rings (SSSR count). The third-order valence-corrected chi connectivity index (χ3v) is 6.84. The summed E-state index contributed by atoms with van der Waals surface area (Å²) in [5.74, 6) is 0.239. The molecule has 1 aromatic carbocycles. The topological polar surface area (TPSA) is 110 Å². The number of urea groups is 1. The molecule has 0 radical (unpaired) electrons. The molecule has 2 aliphatic rings. The van der Waals surface area contributed by atoms with Gasteiger partial charge in [0.05, 0.1) is 25.9 Å². The van der Waals surface area contributed by atoms with Gasteiger partial charge in [0.15, 0.2) is 0 Å². The molecule has 2 aliphatic heterocycles. The fourth-order valence-corrected chi connectivity index (χ4v) is 4.51. The summed E-state index contributed by atoms with van der Waals surface area (Å²) < 4.78 is 10.6. The molecule has 0 saturated carbocycles. The largest absolute Gasteiger partial charge is 0.448 e. The lowest BCUT2D eigenvalue weighted by atomic mass is 9.88. The number of amides is 3. The summed E-state index contributed by atoms with van der Waals surface area (Å²) in [5, 5.41) is 13.2. The zero-order chi connectivity index (χ0) is 27.6. The van der Waals surface area contributed by atoms with Gasteiger partial charge in [-0.05, 0) is 37.2 Å². The standard InChI is InChI=1S/C28H42N6O4/c1-5-38-26(36)30-24(33-17-19-37-20-18-33)34(16-11-27(2,3)4)25(35)31-28(22-29)12-14-32(15-13-28)21-23-9-7-6-8-10-23/h6-10H,5,11-21H2,1-4H3,(H,31,35). The Kier molecular flexibility index (Phi) is 10.5. The lowest BCUT2D eigenvalue weighted by Crippen LogP contribution is -2.61. The Bertz CT molecular complexity index is 987. The van der Waals surface area contributed by atoms with Crippen molar-refractivity contribution in [3.05, 3.63) is 35.9 Å². The van der Waals surface area contributed by atoms with Gasteiger partial charge in [0, 0.05) is 39.3 Å². The van der Waals surface area contributed by atoms with E-state index in [1.807, 2.05) is 23.1 Å². The Labute approximate surface area is 226 Å². The van der Waals surface area contributed by atoms with E-state index < -0.39 is 17.7 Å². The number of carbonyl (C=O) groups is 2. The first-order valence-electron chi connectivity index (χ1n) is 13.5. The lowest BCUT2D eigenvalue weighted by molar-refractivity contribution is 0.0622. The molecular formula is C28H42N6O4. The molecule has 0 spiro atoms. The fraction of sp³-hybridized carbons (Fsp3) is 0.643. The minimum atomic E-state index is -0.996. The molecule has 38 heavy (non-hydrogen) atoms. The molecule has 0 unspecified atom stereocenters. The quantitative estimate of drug-likeness (QED) is 0.443. The van der Waals surface area contributed by atoms with Crippen LogP contribution in [-0.2, 0) is 16.0 Å². The van der Waals surface area contributed by atoms with Gasteiger partial charge < -0.3 is 19.7 Å². The average Bonchev–Trinajstić information content (AvgIpc) is 2.90. The van der Waals surface area contributed by atoms with Crippen molar-refractivity contribution in [1.82, 2.24) is 20.0 Å². The maximum absolute atomic E-state index is 13.8. The van der Waals surface area contributed by atoms with Crippen LogP contribution in [0.25, 0.3) is 0 Å². The summed E-state index contributed by atoms with van der Waals surface area (Å²) in [7, 11) is 0. The van der Waals surface area contributed by atoms with Crippen LogP contribution in [0.5, 0.6) is 0 Å². The SMILES string of the molecule is CCOC(=O)N=C(N1CCOCC1)N(CCC(C)(C)C)C(=O)NC1(C#N)CCN(Cc2ccccc2)CC1. The maximum Gasteiger partial charge on any atom is 0.436 e. The van der Waals surface area contributed by atoms with E-state index in [4.69, 9.17) is 9.47 Å². The number of piperidine rings is 1. The second kappa shape index (κ2) is 13.6. The Morgan fingerprint density at radius 1 is 1.16 bits per heavy atom. The number of hydrogen-bond donors (Lipinski definition) is 1. The first kappa shape index (κ1) is 29.4. The van der Waals surface area contributed by atoms with Crippen LogP contribution >= 0.6 is 0 Å². The normalized spacial score (nSPS) is 18.4. The van der Waals surface area contributed by atoms with E-state index in [9.17, 15) is 14.9 Å². The number of likely N-dealkylation sites (tertiary alicyclic amines) is 1. The van der Waals surface area contributed by atoms with Crippen molar-refractivity contribution >= 4 is 18.1 Å². The highest BCUT2D eigenvalue weighted by atomic mass is 16.5. The third-order valence-electron chi connectivity index (χ3n) is 6.84. The van der Waals surface area contributed by atoms with Gasteiger partial charge in [0.25, 0.3) is 0 Å². The monoisotopic (exact) mass is 526 g/mol. The molecule has 2 fully saturated rings. The van der Waals surface area contributed by atoms with E-state index in [0.717, 1.165) is 6.54 Å². The molecule has 0 aliphatic carbocycles. The second-order valence-corrected chi connectivity index (χ2v) is 11.1. The highest BCUT2D eigenvalue weighted by Crippen LogP contribution is 2.25. The van der Waals surface area contributed by atoms with Crippen molar-refractivity contribution in [2.24, 2.45) is 10.4 Å². The maximum atomic E-state index is 13.8. The molecular weight excluding hydrogens is 484 g/mol. The van der Waals surface area contributed by atoms with E-state index in [1.54, 1.807) is 6.92 Å². The number of hydrogen-bond acceptors (Lipinski definition) is 6. The van der Waals surface area contributed by atoms with E-state index in [0.29, 0.717) is 65.2 Å². The summed E-state index contributed by atoms with van der Waals surface area (Å²) in [6.45, 7) is 12.6. The fourth-order valence-electron chi connectivity index (χ4n) is 4.51. The third kappa shape index (κ3) is 8.71. The summed E-state index contributed by atoms with van der Waals surface area (Å²) in [5.41, 5.74) is 0.165. The Balaban J connectivity index is 1.79. The number of guanidine groups is 1. The average molecular weight is 527 g/mol. The van der Waals surface area contributed by atoms with Gasteiger partial charge in [-0.25, -0.2) is 9.59 Å². The zero-order valence-corrected chi connectivity index (χ0v) is 23.2. The van der Waals surface area contributed by atoms with Gasteiger partial charge in [0.1, 0.15) is 5.54 Å². The Morgan fingerprint density at radius 2 is 1.82 bits per heavy atom. The van der Waals surface area contributed by atoms with Gasteiger partial charge in [-0.2, -0.15) is 5.26 Å². The van der Waals surface area contributed by atoms with Gasteiger partial charge in [-0.3, -0.25) is 9.80 Å². The summed E-state index contributed by atoms with van der Waals surface area (Å²) in [4.78, 5) is 36.2. The van der Waals surface area contributed by atoms with Crippen LogP contribution in [0.15, 0.2) is 35.3 Å². The van der Waals surface area contributed by atoms with Crippen LogP contribution in [0, 0.1) is 16.7 Å². The number of rotatable bonds is 6. The van der Waals surface area contributed by atoms with Gasteiger partial charge >= 0.3 is 12.1 Å². The predicted molar refractivity (Wildman–Crippen MR) is 145 cm³/mol. The Hall–Kier alpha value is -3.16. The minimum Gasteiger partial charge on any atom is -0.448 e. The molecule has 2 saturated heterocycles. The molecule has 1 aromatic rings. The minimum absolute atomic E-state index is 0.0612. The zero-order valence-electron chi connectivity index (χ0n) is 23.2. The molecule has 10 heteroatoms. The number of ether oxygens (including phenoxy) is 2. The molecule has 10 nitrogen and oxygen atoms in total. The van der Waals surface area contributed by atoms with Crippen LogP contribution in [0.3, 0.4) is 0 Å². The van der Waals surface area contributed by atoms with Crippen LogP contribution in [0.1, 0.15) is 52.5 Å². The van der Waals surface area contributed by atoms with E-state index in [-0.39, 0.29) is 18.0 Å². The second-order valence-electron chi connectivity index (χ2n) is 11.1. The highest BCUT2D eigenvalue weighted by Gasteiger charge is 2.39. The van der Waals surface area contributed by atoms with Crippen molar-refractivity contribution < 1.29 is 19.1 Å². The predicted octanol–water partition coefficient (Wildman–Crippen LogP) is 3.84. The van der Waals surface area contributed by atoms with E-state index in [1.165, 1.54) is 10.5 Å². The first-order valence-corrected chi connectivity index (χ1v) is 13.5. The Morgan fingerprint density at radius 3 is 2.39 bits per heavy atom. The number of benzene rings is 1. The van der Waals surface area contributed by atoms with Crippen LogP contribution < -0.4 is 5.32 Å². The number of carbonyl (C=O) groups excluding carboxylic acids is 2. The number of morpholine rings is 1. The summed E-state index contributed by atoms with van der Waals surface area (Å²) in [6, 6.07) is 12.2.